The maximum Gasteiger partial charge on any atom is 0.225 e. The average Bonchev–Trinajstić information content (AvgIpc) is 3.16. The molecule has 1 fully saturated rings. The molecule has 1 aliphatic heterocycles. The van der Waals surface area contributed by atoms with Gasteiger partial charge in [0, 0.05) is 57.2 Å². The molecule has 3 rings (SSSR count). The van der Waals surface area contributed by atoms with Gasteiger partial charge in [0.15, 0.2) is 0 Å². The van der Waals surface area contributed by atoms with Crippen LogP contribution >= 0.6 is 0 Å². The molecule has 1 aliphatic rings. The SMILES string of the molecule is COCC1CN(c2ccncn2)CC1C(=O)NCc1c(C)nn(C)c1C. The van der Waals surface area contributed by atoms with E-state index in [4.69, 9.17) is 4.74 Å². The van der Waals surface area contributed by atoms with Crippen LogP contribution in [0.3, 0.4) is 0 Å². The fraction of sp³-hybridized carbons (Fsp3) is 0.556. The van der Waals surface area contributed by atoms with Crippen LogP contribution in [-0.4, -0.2) is 52.5 Å². The molecule has 2 aromatic rings. The Kier molecular flexibility index (Phi) is 5.51. The van der Waals surface area contributed by atoms with E-state index in [1.54, 1.807) is 13.3 Å². The number of rotatable bonds is 6. The summed E-state index contributed by atoms with van der Waals surface area (Å²) in [7, 11) is 3.59. The normalized spacial score (nSPS) is 19.8. The third-order valence-electron chi connectivity index (χ3n) is 5.15. The van der Waals surface area contributed by atoms with Crippen molar-refractivity contribution in [3.63, 3.8) is 0 Å². The van der Waals surface area contributed by atoms with Gasteiger partial charge < -0.3 is 15.0 Å². The molecule has 26 heavy (non-hydrogen) atoms. The van der Waals surface area contributed by atoms with Crippen LogP contribution in [0.5, 0.6) is 0 Å². The molecule has 8 heteroatoms. The van der Waals surface area contributed by atoms with Crippen LogP contribution in [0.1, 0.15) is 17.0 Å². The van der Waals surface area contributed by atoms with Gasteiger partial charge in [-0.3, -0.25) is 9.48 Å². The lowest BCUT2D eigenvalue weighted by Crippen LogP contribution is -2.36. The summed E-state index contributed by atoms with van der Waals surface area (Å²) in [4.78, 5) is 23.2. The molecule has 0 saturated carbocycles. The van der Waals surface area contributed by atoms with Crippen molar-refractivity contribution >= 4 is 11.7 Å². The zero-order chi connectivity index (χ0) is 18.7. The first-order valence-corrected chi connectivity index (χ1v) is 8.78. The Balaban J connectivity index is 1.68. The van der Waals surface area contributed by atoms with Crippen LogP contribution in [0.2, 0.25) is 0 Å². The number of amides is 1. The molecule has 0 aliphatic carbocycles. The maximum atomic E-state index is 12.9. The van der Waals surface area contributed by atoms with Gasteiger partial charge in [0.2, 0.25) is 5.91 Å². The van der Waals surface area contributed by atoms with Crippen LogP contribution in [0.15, 0.2) is 18.6 Å². The maximum absolute atomic E-state index is 12.9. The van der Waals surface area contributed by atoms with E-state index in [0.29, 0.717) is 19.7 Å². The number of nitrogens with one attached hydrogen (secondary N) is 1. The molecule has 2 unspecified atom stereocenters. The van der Waals surface area contributed by atoms with Crippen LogP contribution in [0.25, 0.3) is 0 Å². The summed E-state index contributed by atoms with van der Waals surface area (Å²) in [5.41, 5.74) is 3.10. The Bertz CT molecular complexity index is 761. The third-order valence-corrected chi connectivity index (χ3v) is 5.15. The molecule has 1 N–H and O–H groups in total. The van der Waals surface area contributed by atoms with Crippen LogP contribution < -0.4 is 10.2 Å². The Morgan fingerprint density at radius 1 is 1.38 bits per heavy atom. The summed E-state index contributed by atoms with van der Waals surface area (Å²) in [6.07, 6.45) is 3.25. The number of carbonyl (C=O) groups excluding carboxylic acids is 1. The highest BCUT2D eigenvalue weighted by molar-refractivity contribution is 5.80. The Morgan fingerprint density at radius 2 is 2.19 bits per heavy atom. The fourth-order valence-electron chi connectivity index (χ4n) is 3.59. The molecule has 0 spiro atoms. The van der Waals surface area contributed by atoms with Gasteiger partial charge in [-0.05, 0) is 19.9 Å². The average molecular weight is 358 g/mol. The summed E-state index contributed by atoms with van der Waals surface area (Å²) in [5, 5.41) is 7.49. The van der Waals surface area contributed by atoms with E-state index in [-0.39, 0.29) is 17.7 Å². The predicted molar refractivity (Wildman–Crippen MR) is 97.6 cm³/mol. The van der Waals surface area contributed by atoms with Gasteiger partial charge in [-0.2, -0.15) is 5.10 Å². The van der Waals surface area contributed by atoms with E-state index < -0.39 is 0 Å². The van der Waals surface area contributed by atoms with Crippen molar-refractivity contribution < 1.29 is 9.53 Å². The van der Waals surface area contributed by atoms with E-state index in [2.05, 4.69) is 25.3 Å². The smallest absolute Gasteiger partial charge is 0.225 e. The number of aromatic nitrogens is 4. The Hall–Kier alpha value is -2.48. The molecular weight excluding hydrogens is 332 g/mol. The number of ether oxygens (including phenoxy) is 1. The Labute approximate surface area is 153 Å². The predicted octanol–water partition coefficient (Wildman–Crippen LogP) is 0.842. The first-order valence-electron chi connectivity index (χ1n) is 8.78. The van der Waals surface area contributed by atoms with Crippen molar-refractivity contribution in [3.05, 3.63) is 35.5 Å². The lowest BCUT2D eigenvalue weighted by atomic mass is 9.96. The second-order valence-electron chi connectivity index (χ2n) is 6.79. The van der Waals surface area contributed by atoms with Gasteiger partial charge >= 0.3 is 0 Å². The number of methoxy groups -OCH3 is 1. The first kappa shape index (κ1) is 18.3. The van der Waals surface area contributed by atoms with E-state index in [9.17, 15) is 4.79 Å². The minimum atomic E-state index is -0.137. The molecule has 3 heterocycles. The van der Waals surface area contributed by atoms with Gasteiger partial charge in [0.25, 0.3) is 0 Å². The van der Waals surface area contributed by atoms with Gasteiger partial charge in [-0.25, -0.2) is 9.97 Å². The largest absolute Gasteiger partial charge is 0.384 e. The lowest BCUT2D eigenvalue weighted by Gasteiger charge is -2.17. The monoisotopic (exact) mass is 358 g/mol. The quantitative estimate of drug-likeness (QED) is 0.824. The number of carbonyl (C=O) groups is 1. The summed E-state index contributed by atoms with van der Waals surface area (Å²) in [5.74, 6) is 0.884. The molecular formula is C18H26N6O2. The minimum Gasteiger partial charge on any atom is -0.384 e. The van der Waals surface area contributed by atoms with Crippen molar-refractivity contribution in [3.8, 4) is 0 Å². The standard InChI is InChI=1S/C18H26N6O2/c1-12-15(13(2)23(3)22-12)7-20-18(25)16-9-24(8-14(16)10-26-4)17-5-6-19-11-21-17/h5-6,11,14,16H,7-10H2,1-4H3,(H,20,25). The highest BCUT2D eigenvalue weighted by Crippen LogP contribution is 2.27. The molecule has 2 aromatic heterocycles. The molecule has 8 nitrogen and oxygen atoms in total. The Morgan fingerprint density at radius 3 is 2.81 bits per heavy atom. The van der Waals surface area contributed by atoms with E-state index in [1.165, 1.54) is 6.33 Å². The highest BCUT2D eigenvalue weighted by atomic mass is 16.5. The first-order chi connectivity index (χ1) is 12.5. The topological polar surface area (TPSA) is 85.2 Å². The molecule has 1 saturated heterocycles. The number of hydrogen-bond donors (Lipinski definition) is 1. The van der Waals surface area contributed by atoms with Gasteiger partial charge in [-0.1, -0.05) is 0 Å². The zero-order valence-corrected chi connectivity index (χ0v) is 15.8. The van der Waals surface area contributed by atoms with Crippen LogP contribution in [-0.2, 0) is 23.1 Å². The zero-order valence-electron chi connectivity index (χ0n) is 15.8. The lowest BCUT2D eigenvalue weighted by molar-refractivity contribution is -0.126. The van der Waals surface area contributed by atoms with Gasteiger partial charge in [0.1, 0.15) is 12.1 Å². The van der Waals surface area contributed by atoms with E-state index >= 15 is 0 Å². The number of nitrogens with zero attached hydrogens (tertiary/aromatic N) is 5. The van der Waals surface area contributed by atoms with E-state index in [0.717, 1.165) is 29.3 Å². The number of aryl methyl sites for hydroxylation is 2. The molecule has 2 atom stereocenters. The summed E-state index contributed by atoms with van der Waals surface area (Å²) in [6, 6.07) is 1.87. The van der Waals surface area contributed by atoms with E-state index in [1.807, 2.05) is 31.6 Å². The van der Waals surface area contributed by atoms with Crippen LogP contribution in [0.4, 0.5) is 5.82 Å². The fourth-order valence-corrected chi connectivity index (χ4v) is 3.59. The van der Waals surface area contributed by atoms with Crippen molar-refractivity contribution in [1.29, 1.82) is 0 Å². The molecule has 0 aromatic carbocycles. The molecule has 0 bridgehead atoms. The van der Waals surface area contributed by atoms with Gasteiger partial charge in [-0.15, -0.1) is 0 Å². The number of hydrogen-bond acceptors (Lipinski definition) is 6. The van der Waals surface area contributed by atoms with Crippen molar-refractivity contribution in [2.24, 2.45) is 18.9 Å². The summed E-state index contributed by atoms with van der Waals surface area (Å²) in [6.45, 7) is 6.39. The molecule has 1 amide bonds. The second-order valence-corrected chi connectivity index (χ2v) is 6.79. The van der Waals surface area contributed by atoms with Crippen LogP contribution in [0, 0.1) is 25.7 Å². The number of anilines is 1. The van der Waals surface area contributed by atoms with Crippen molar-refractivity contribution in [2.75, 3.05) is 31.7 Å². The van der Waals surface area contributed by atoms with Crippen molar-refractivity contribution in [2.45, 2.75) is 20.4 Å². The highest BCUT2D eigenvalue weighted by Gasteiger charge is 2.38. The van der Waals surface area contributed by atoms with Gasteiger partial charge in [0.05, 0.1) is 18.2 Å². The molecule has 140 valence electrons. The second kappa shape index (κ2) is 7.82. The minimum absolute atomic E-state index is 0.0475. The van der Waals surface area contributed by atoms with Crippen molar-refractivity contribution in [1.82, 2.24) is 25.1 Å². The third kappa shape index (κ3) is 3.70. The summed E-state index contributed by atoms with van der Waals surface area (Å²) < 4.78 is 7.19. The molecule has 0 radical (unpaired) electrons. The summed E-state index contributed by atoms with van der Waals surface area (Å²) >= 11 is 0.